The molecule has 2 rings (SSSR count). The molecule has 1 fully saturated rings. The Morgan fingerprint density at radius 1 is 1.28 bits per heavy atom. The summed E-state index contributed by atoms with van der Waals surface area (Å²) in [6.45, 7) is 8.80. The van der Waals surface area contributed by atoms with Gasteiger partial charge in [-0.2, -0.15) is 13.2 Å². The minimum atomic E-state index is -4.61. The van der Waals surface area contributed by atoms with E-state index in [0.717, 1.165) is 6.92 Å². The third-order valence-electron chi connectivity index (χ3n) is 4.29. The standard InChI is InChI=1S/C18H20F3N3O5/c1-12(18(19,20)21)29-17(27)24-7-5-23(6-8-24)10-13-3-4-14(22-2)9-15(13)28-11-16(25)26/h3-4,9,12H,5-8,10-11H2,1H3,(H,25,26). The molecule has 0 aliphatic carbocycles. The number of piperazine rings is 1. The van der Waals surface area contributed by atoms with Gasteiger partial charge in [-0.15, -0.1) is 0 Å². The van der Waals surface area contributed by atoms with Crippen molar-refractivity contribution in [3.8, 4) is 5.75 Å². The highest BCUT2D eigenvalue weighted by molar-refractivity contribution is 5.69. The summed E-state index contributed by atoms with van der Waals surface area (Å²) in [6, 6.07) is 4.70. The van der Waals surface area contributed by atoms with Crippen LogP contribution in [0.1, 0.15) is 12.5 Å². The van der Waals surface area contributed by atoms with Crippen molar-refractivity contribution in [2.24, 2.45) is 0 Å². The smallest absolute Gasteiger partial charge is 0.425 e. The Hall–Kier alpha value is -3.00. The van der Waals surface area contributed by atoms with Gasteiger partial charge in [0.1, 0.15) is 5.75 Å². The molecule has 1 heterocycles. The Morgan fingerprint density at radius 2 is 1.93 bits per heavy atom. The summed E-state index contributed by atoms with van der Waals surface area (Å²) in [7, 11) is 0. The summed E-state index contributed by atoms with van der Waals surface area (Å²) >= 11 is 0. The molecular weight excluding hydrogens is 395 g/mol. The van der Waals surface area contributed by atoms with Gasteiger partial charge in [-0.05, 0) is 13.0 Å². The van der Waals surface area contributed by atoms with E-state index in [0.29, 0.717) is 30.9 Å². The monoisotopic (exact) mass is 415 g/mol. The predicted octanol–water partition coefficient (Wildman–Crippen LogP) is 2.91. The van der Waals surface area contributed by atoms with Gasteiger partial charge in [0.05, 0.1) is 6.57 Å². The average molecular weight is 415 g/mol. The van der Waals surface area contributed by atoms with Gasteiger partial charge in [0, 0.05) is 38.3 Å². The van der Waals surface area contributed by atoms with E-state index in [4.69, 9.17) is 16.4 Å². The molecule has 1 N–H and O–H groups in total. The average Bonchev–Trinajstić information content (AvgIpc) is 2.66. The topological polar surface area (TPSA) is 83.7 Å². The lowest BCUT2D eigenvalue weighted by Crippen LogP contribution is -2.49. The van der Waals surface area contributed by atoms with Gasteiger partial charge in [0.25, 0.3) is 0 Å². The number of aliphatic carboxylic acids is 1. The number of carboxylic acids is 1. The maximum Gasteiger partial charge on any atom is 0.425 e. The van der Waals surface area contributed by atoms with Crippen LogP contribution in [0.4, 0.5) is 23.7 Å². The number of carbonyl (C=O) groups is 2. The van der Waals surface area contributed by atoms with E-state index in [2.05, 4.69) is 9.58 Å². The summed E-state index contributed by atoms with van der Waals surface area (Å²) in [6.07, 6.45) is -7.80. The number of nitrogens with zero attached hydrogens (tertiary/aromatic N) is 3. The maximum atomic E-state index is 12.5. The lowest BCUT2D eigenvalue weighted by Gasteiger charge is -2.35. The lowest BCUT2D eigenvalue weighted by molar-refractivity contribution is -0.200. The van der Waals surface area contributed by atoms with Gasteiger partial charge < -0.3 is 19.5 Å². The SMILES string of the molecule is [C-]#[N+]c1ccc(CN2CCN(C(=O)OC(C)C(F)(F)F)CC2)c(OCC(=O)O)c1. The Balaban J connectivity index is 1.94. The van der Waals surface area contributed by atoms with Gasteiger partial charge in [-0.3, -0.25) is 4.90 Å². The molecule has 1 aromatic rings. The van der Waals surface area contributed by atoms with Crippen molar-refractivity contribution in [1.82, 2.24) is 9.80 Å². The summed E-state index contributed by atoms with van der Waals surface area (Å²) in [5.41, 5.74) is 0.973. The molecule has 1 atom stereocenters. The normalized spacial score (nSPS) is 16.0. The van der Waals surface area contributed by atoms with Crippen molar-refractivity contribution in [1.29, 1.82) is 0 Å². The second-order valence-electron chi connectivity index (χ2n) is 6.42. The van der Waals surface area contributed by atoms with Crippen molar-refractivity contribution in [2.45, 2.75) is 25.7 Å². The van der Waals surface area contributed by atoms with Gasteiger partial charge >= 0.3 is 18.2 Å². The Kier molecular flexibility index (Phi) is 7.28. The molecule has 0 radical (unpaired) electrons. The first-order valence-electron chi connectivity index (χ1n) is 8.69. The van der Waals surface area contributed by atoms with Crippen molar-refractivity contribution < 1.29 is 37.3 Å². The van der Waals surface area contributed by atoms with Gasteiger partial charge in [0.2, 0.25) is 0 Å². The van der Waals surface area contributed by atoms with Gasteiger partial charge in [0.15, 0.2) is 18.4 Å². The number of hydrogen-bond acceptors (Lipinski definition) is 5. The van der Waals surface area contributed by atoms with E-state index in [-0.39, 0.29) is 18.8 Å². The molecule has 158 valence electrons. The molecule has 0 spiro atoms. The summed E-state index contributed by atoms with van der Waals surface area (Å²) in [5.74, 6) is -0.869. The van der Waals surface area contributed by atoms with E-state index >= 15 is 0 Å². The number of carboxylic acid groups (broad SMARTS) is 1. The second-order valence-corrected chi connectivity index (χ2v) is 6.42. The van der Waals surface area contributed by atoms with Crippen LogP contribution < -0.4 is 4.74 Å². The van der Waals surface area contributed by atoms with E-state index in [1.165, 1.54) is 11.0 Å². The molecule has 0 saturated carbocycles. The van der Waals surface area contributed by atoms with Crippen molar-refractivity contribution >= 4 is 17.7 Å². The van der Waals surface area contributed by atoms with Crippen LogP contribution in [0, 0.1) is 6.57 Å². The van der Waals surface area contributed by atoms with Gasteiger partial charge in [-0.25, -0.2) is 14.4 Å². The van der Waals surface area contributed by atoms with E-state index in [9.17, 15) is 22.8 Å². The van der Waals surface area contributed by atoms with E-state index in [1.807, 2.05) is 4.90 Å². The molecule has 1 saturated heterocycles. The lowest BCUT2D eigenvalue weighted by atomic mass is 10.1. The number of amides is 1. The predicted molar refractivity (Wildman–Crippen MR) is 94.7 cm³/mol. The quantitative estimate of drug-likeness (QED) is 0.720. The molecule has 0 bridgehead atoms. The van der Waals surface area contributed by atoms with Crippen LogP contribution in [0.15, 0.2) is 18.2 Å². The fourth-order valence-corrected chi connectivity index (χ4v) is 2.64. The van der Waals surface area contributed by atoms with Crippen LogP contribution >= 0.6 is 0 Å². The maximum absolute atomic E-state index is 12.5. The third-order valence-corrected chi connectivity index (χ3v) is 4.29. The largest absolute Gasteiger partial charge is 0.483 e. The highest BCUT2D eigenvalue weighted by Crippen LogP contribution is 2.27. The number of rotatable bonds is 6. The zero-order valence-electron chi connectivity index (χ0n) is 15.6. The Morgan fingerprint density at radius 3 is 2.48 bits per heavy atom. The van der Waals surface area contributed by atoms with Crippen LogP contribution in [-0.2, 0) is 16.1 Å². The molecule has 1 amide bonds. The molecule has 0 aromatic heterocycles. The summed E-state index contributed by atoms with van der Waals surface area (Å²) in [4.78, 5) is 29.1. The van der Waals surface area contributed by atoms with Crippen LogP contribution in [0.3, 0.4) is 0 Å². The number of carbonyl (C=O) groups excluding carboxylic acids is 1. The fourth-order valence-electron chi connectivity index (χ4n) is 2.64. The molecule has 1 unspecified atom stereocenters. The van der Waals surface area contributed by atoms with Crippen LogP contribution in [0.5, 0.6) is 5.75 Å². The van der Waals surface area contributed by atoms with E-state index < -0.39 is 30.9 Å². The second kappa shape index (κ2) is 9.47. The van der Waals surface area contributed by atoms with Crippen molar-refractivity contribution in [3.05, 3.63) is 35.2 Å². The van der Waals surface area contributed by atoms with Crippen LogP contribution in [0.2, 0.25) is 0 Å². The number of halogens is 3. The zero-order valence-corrected chi connectivity index (χ0v) is 15.6. The summed E-state index contributed by atoms with van der Waals surface area (Å²) < 4.78 is 47.2. The molecular formula is C18H20F3N3O5. The van der Waals surface area contributed by atoms with E-state index in [1.54, 1.807) is 12.1 Å². The molecule has 8 nitrogen and oxygen atoms in total. The molecule has 1 aromatic carbocycles. The Labute approximate surface area is 165 Å². The first-order valence-corrected chi connectivity index (χ1v) is 8.69. The molecule has 1 aliphatic heterocycles. The highest BCUT2D eigenvalue weighted by Gasteiger charge is 2.40. The van der Waals surface area contributed by atoms with Crippen molar-refractivity contribution in [3.63, 3.8) is 0 Å². The number of hydrogen-bond donors (Lipinski definition) is 1. The van der Waals surface area contributed by atoms with Crippen LogP contribution in [-0.4, -0.2) is 72.0 Å². The first kappa shape index (κ1) is 22.3. The summed E-state index contributed by atoms with van der Waals surface area (Å²) in [5, 5.41) is 8.79. The Bertz CT molecular complexity index is 786. The third kappa shape index (κ3) is 6.53. The number of ether oxygens (including phenoxy) is 2. The first-order chi connectivity index (χ1) is 13.6. The molecule has 29 heavy (non-hydrogen) atoms. The minimum absolute atomic E-state index is 0.189. The molecule has 11 heteroatoms. The highest BCUT2D eigenvalue weighted by atomic mass is 19.4. The fraction of sp³-hybridized carbons (Fsp3) is 0.500. The van der Waals surface area contributed by atoms with Crippen LogP contribution in [0.25, 0.3) is 4.85 Å². The number of alkyl halides is 3. The number of benzene rings is 1. The van der Waals surface area contributed by atoms with Crippen molar-refractivity contribution in [2.75, 3.05) is 32.8 Å². The zero-order chi connectivity index (χ0) is 21.6. The molecule has 1 aliphatic rings. The van der Waals surface area contributed by atoms with Gasteiger partial charge in [-0.1, -0.05) is 12.1 Å². The minimum Gasteiger partial charge on any atom is -0.483 e.